The van der Waals surface area contributed by atoms with Crippen molar-refractivity contribution in [2.75, 3.05) is 31.1 Å². The summed E-state index contributed by atoms with van der Waals surface area (Å²) < 4.78 is 1.83. The number of piperazine rings is 1. The number of aromatic nitrogens is 2. The third kappa shape index (κ3) is 4.27. The quantitative estimate of drug-likeness (QED) is 0.624. The number of rotatable bonds is 4. The fourth-order valence-corrected chi connectivity index (χ4v) is 4.25. The molecule has 0 N–H and O–H groups in total. The van der Waals surface area contributed by atoms with Crippen LogP contribution in [0.15, 0.2) is 53.3 Å². The number of benzene rings is 2. The van der Waals surface area contributed by atoms with Gasteiger partial charge in [0.2, 0.25) is 0 Å². The third-order valence-electron chi connectivity index (χ3n) is 6.15. The Morgan fingerprint density at radius 1 is 0.969 bits per heavy atom. The average molecular weight is 433 g/mol. The molecule has 2 heterocycles. The number of carbonyl (C=O) groups is 1. The fraction of sp³-hybridized carbons (Fsp3) is 0.423. The Hall–Kier alpha value is -3.15. The van der Waals surface area contributed by atoms with E-state index in [1.54, 1.807) is 0 Å². The van der Waals surface area contributed by atoms with Gasteiger partial charge in [0, 0.05) is 38.3 Å². The molecule has 4 rings (SSSR count). The highest BCUT2D eigenvalue weighted by atomic mass is 16.2. The number of para-hydroxylation sites is 2. The molecule has 0 spiro atoms. The van der Waals surface area contributed by atoms with Gasteiger partial charge in [-0.05, 0) is 41.7 Å². The molecule has 1 fully saturated rings. The van der Waals surface area contributed by atoms with Crippen LogP contribution in [0, 0.1) is 0 Å². The van der Waals surface area contributed by atoms with Gasteiger partial charge in [-0.25, -0.2) is 4.98 Å². The Morgan fingerprint density at radius 3 is 2.25 bits per heavy atom. The zero-order chi connectivity index (χ0) is 22.9. The van der Waals surface area contributed by atoms with E-state index in [0.29, 0.717) is 44.1 Å². The highest BCUT2D eigenvalue weighted by molar-refractivity contribution is 5.94. The molecule has 0 aliphatic carbocycles. The summed E-state index contributed by atoms with van der Waals surface area (Å²) in [5, 5.41) is 0. The molecule has 2 aromatic carbocycles. The number of carbonyl (C=O) groups excluding carboxylic acids is 1. The first-order valence-corrected chi connectivity index (χ1v) is 11.4. The number of anilines is 1. The van der Waals surface area contributed by atoms with Crippen LogP contribution in [0.5, 0.6) is 0 Å². The van der Waals surface area contributed by atoms with E-state index in [1.165, 1.54) is 5.56 Å². The molecular formula is C26H32N4O2. The maximum absolute atomic E-state index is 13.2. The van der Waals surface area contributed by atoms with Crippen molar-refractivity contribution in [2.45, 2.75) is 46.1 Å². The number of amides is 1. The van der Waals surface area contributed by atoms with Crippen LogP contribution in [0.2, 0.25) is 0 Å². The lowest BCUT2D eigenvalue weighted by Crippen LogP contribution is -2.50. The molecule has 0 atom stereocenters. The summed E-state index contributed by atoms with van der Waals surface area (Å²) in [5.74, 6) is 0.527. The zero-order valence-corrected chi connectivity index (χ0v) is 19.5. The molecular weight excluding hydrogens is 400 g/mol. The Morgan fingerprint density at radius 2 is 1.62 bits per heavy atom. The van der Waals surface area contributed by atoms with Crippen molar-refractivity contribution >= 4 is 22.8 Å². The van der Waals surface area contributed by atoms with Crippen LogP contribution in [0.3, 0.4) is 0 Å². The summed E-state index contributed by atoms with van der Waals surface area (Å²) in [5.41, 5.74) is 3.63. The van der Waals surface area contributed by atoms with Gasteiger partial charge in [-0.3, -0.25) is 9.59 Å². The van der Waals surface area contributed by atoms with Crippen LogP contribution < -0.4 is 10.5 Å². The van der Waals surface area contributed by atoms with Gasteiger partial charge in [-0.1, -0.05) is 52.0 Å². The molecule has 0 bridgehead atoms. The Balaban J connectivity index is 1.51. The van der Waals surface area contributed by atoms with Crippen LogP contribution in [0.4, 0.5) is 5.82 Å². The first kappa shape index (κ1) is 22.1. The number of nitrogens with zero attached hydrogens (tertiary/aromatic N) is 4. The van der Waals surface area contributed by atoms with E-state index in [4.69, 9.17) is 4.98 Å². The molecule has 1 aliphatic heterocycles. The van der Waals surface area contributed by atoms with Gasteiger partial charge in [0.05, 0.1) is 11.0 Å². The first-order chi connectivity index (χ1) is 15.3. The van der Waals surface area contributed by atoms with Crippen LogP contribution in [-0.2, 0) is 12.0 Å². The summed E-state index contributed by atoms with van der Waals surface area (Å²) in [6.07, 6.45) is 0.879. The predicted molar refractivity (Wildman–Crippen MR) is 130 cm³/mol. The van der Waals surface area contributed by atoms with Crippen LogP contribution >= 0.6 is 0 Å². The van der Waals surface area contributed by atoms with Crippen molar-refractivity contribution in [3.63, 3.8) is 0 Å². The summed E-state index contributed by atoms with van der Waals surface area (Å²) in [7, 11) is 0. The number of aryl methyl sites for hydroxylation is 1. The van der Waals surface area contributed by atoms with E-state index in [9.17, 15) is 9.59 Å². The molecule has 0 unspecified atom stereocenters. The lowest BCUT2D eigenvalue weighted by molar-refractivity contribution is 0.0746. The Bertz CT molecular complexity index is 1170. The molecule has 1 amide bonds. The van der Waals surface area contributed by atoms with Crippen LogP contribution in [0.1, 0.15) is 50.0 Å². The third-order valence-corrected chi connectivity index (χ3v) is 6.15. The van der Waals surface area contributed by atoms with Gasteiger partial charge < -0.3 is 14.4 Å². The SMILES string of the molecule is CCCn1c(=O)c(N2CCN(C(=O)c3ccc(C(C)(C)C)cc3)CC2)nc2ccccc21. The Kier molecular flexibility index (Phi) is 6.04. The highest BCUT2D eigenvalue weighted by Gasteiger charge is 2.25. The van der Waals surface area contributed by atoms with Gasteiger partial charge in [0.25, 0.3) is 11.5 Å². The lowest BCUT2D eigenvalue weighted by atomic mass is 9.86. The van der Waals surface area contributed by atoms with Crippen molar-refractivity contribution in [1.29, 1.82) is 0 Å². The van der Waals surface area contributed by atoms with Crippen LogP contribution in [0.25, 0.3) is 11.0 Å². The van der Waals surface area contributed by atoms with E-state index in [2.05, 4.69) is 27.7 Å². The van der Waals surface area contributed by atoms with Crippen molar-refractivity contribution < 1.29 is 4.79 Å². The van der Waals surface area contributed by atoms with E-state index in [0.717, 1.165) is 17.5 Å². The van der Waals surface area contributed by atoms with E-state index in [-0.39, 0.29) is 16.9 Å². The molecule has 6 heteroatoms. The monoisotopic (exact) mass is 432 g/mol. The second-order valence-electron chi connectivity index (χ2n) is 9.49. The van der Waals surface area contributed by atoms with Crippen molar-refractivity contribution in [2.24, 2.45) is 0 Å². The van der Waals surface area contributed by atoms with Crippen molar-refractivity contribution in [3.05, 3.63) is 70.0 Å². The van der Waals surface area contributed by atoms with Gasteiger partial charge in [-0.2, -0.15) is 0 Å². The largest absolute Gasteiger partial charge is 0.348 e. The van der Waals surface area contributed by atoms with E-state index in [1.807, 2.05) is 62.9 Å². The van der Waals surface area contributed by atoms with Gasteiger partial charge in [0.1, 0.15) is 0 Å². The molecule has 32 heavy (non-hydrogen) atoms. The minimum atomic E-state index is -0.0527. The average Bonchev–Trinajstić information content (AvgIpc) is 2.80. The summed E-state index contributed by atoms with van der Waals surface area (Å²) in [6, 6.07) is 15.7. The minimum absolute atomic E-state index is 0.0416. The minimum Gasteiger partial charge on any atom is -0.348 e. The topological polar surface area (TPSA) is 58.4 Å². The zero-order valence-electron chi connectivity index (χ0n) is 19.5. The molecule has 0 radical (unpaired) electrons. The van der Waals surface area contributed by atoms with Gasteiger partial charge in [-0.15, -0.1) is 0 Å². The molecule has 3 aromatic rings. The van der Waals surface area contributed by atoms with E-state index >= 15 is 0 Å². The predicted octanol–water partition coefficient (Wildman–Crippen LogP) is 4.07. The van der Waals surface area contributed by atoms with Gasteiger partial charge >= 0.3 is 0 Å². The molecule has 6 nitrogen and oxygen atoms in total. The molecule has 1 aliphatic rings. The lowest BCUT2D eigenvalue weighted by Gasteiger charge is -2.35. The number of hydrogen-bond donors (Lipinski definition) is 0. The number of fused-ring (bicyclic) bond motifs is 1. The van der Waals surface area contributed by atoms with Crippen molar-refractivity contribution in [3.8, 4) is 0 Å². The van der Waals surface area contributed by atoms with Gasteiger partial charge in [0.15, 0.2) is 5.82 Å². The second-order valence-corrected chi connectivity index (χ2v) is 9.49. The van der Waals surface area contributed by atoms with E-state index < -0.39 is 0 Å². The summed E-state index contributed by atoms with van der Waals surface area (Å²) in [6.45, 7) is 11.6. The van der Waals surface area contributed by atoms with Crippen molar-refractivity contribution in [1.82, 2.24) is 14.5 Å². The first-order valence-electron chi connectivity index (χ1n) is 11.4. The fourth-order valence-electron chi connectivity index (χ4n) is 4.25. The number of hydrogen-bond acceptors (Lipinski definition) is 4. The molecule has 168 valence electrons. The van der Waals surface area contributed by atoms with Crippen LogP contribution in [-0.4, -0.2) is 46.5 Å². The molecule has 0 saturated carbocycles. The smallest absolute Gasteiger partial charge is 0.294 e. The molecule has 1 aromatic heterocycles. The summed E-state index contributed by atoms with van der Waals surface area (Å²) in [4.78, 5) is 34.8. The Labute approximate surface area is 189 Å². The maximum atomic E-state index is 13.2. The summed E-state index contributed by atoms with van der Waals surface area (Å²) >= 11 is 0. The second kappa shape index (κ2) is 8.77. The standard InChI is InChI=1S/C26H32N4O2/c1-5-14-30-22-9-7-6-8-21(22)27-23(25(30)32)28-15-17-29(18-16-28)24(31)19-10-12-20(13-11-19)26(2,3)4/h6-13H,5,14-18H2,1-4H3. The normalized spacial score (nSPS) is 14.8. The molecule has 1 saturated heterocycles. The highest BCUT2D eigenvalue weighted by Crippen LogP contribution is 2.23. The maximum Gasteiger partial charge on any atom is 0.294 e.